The molecule has 4 nitrogen and oxygen atoms in total. The Bertz CT molecular complexity index is 1110. The molecule has 1 aromatic rings. The van der Waals surface area contributed by atoms with Gasteiger partial charge in [-0.25, -0.2) is 0 Å². The van der Waals surface area contributed by atoms with E-state index in [0.717, 1.165) is 32.1 Å². The minimum Gasteiger partial charge on any atom is -0.393 e. The fourth-order valence-corrected chi connectivity index (χ4v) is 12.0. The standard InChI is InChI=1S/C37H58O4/c1-32(2)27-15-20-35(6)28(34(27,5)18-16-29(32)38)22-26(40-23-24-12-10-9-11-13-24)31-25(14-19-36(31,35)7)37(8)21-17-30(41-37)33(3,4)39/h9-13,25-31,38-39H,14-23H2,1-8H3/t25?,26-,27?,28?,29+,30-,31?,34+,35-,36-,37+/m1/s1. The van der Waals surface area contributed by atoms with Crippen molar-refractivity contribution >= 4 is 0 Å². The van der Waals surface area contributed by atoms with Gasteiger partial charge in [0.15, 0.2) is 0 Å². The van der Waals surface area contributed by atoms with Gasteiger partial charge in [-0.15, -0.1) is 0 Å². The number of hydrogen-bond donors (Lipinski definition) is 2. The largest absolute Gasteiger partial charge is 0.393 e. The first-order chi connectivity index (χ1) is 19.1. The second kappa shape index (κ2) is 9.78. The number of fused-ring (bicyclic) bond motifs is 5. The van der Waals surface area contributed by atoms with Gasteiger partial charge < -0.3 is 19.7 Å². The summed E-state index contributed by atoms with van der Waals surface area (Å²) in [6.07, 6.45) is 9.77. The molecule has 5 aliphatic rings. The summed E-state index contributed by atoms with van der Waals surface area (Å²) in [5.41, 5.74) is 0.734. The third-order valence-corrected chi connectivity index (χ3v) is 14.5. The van der Waals surface area contributed by atoms with E-state index >= 15 is 0 Å². The molecule has 0 radical (unpaired) electrons. The van der Waals surface area contributed by atoms with E-state index in [0.29, 0.717) is 30.3 Å². The van der Waals surface area contributed by atoms with Gasteiger partial charge in [-0.2, -0.15) is 0 Å². The van der Waals surface area contributed by atoms with Crippen LogP contribution in [0.4, 0.5) is 0 Å². The molecule has 0 aromatic heterocycles. The normalized spacial score (nSPS) is 49.3. The molecule has 4 saturated carbocycles. The molecule has 5 fully saturated rings. The summed E-state index contributed by atoms with van der Waals surface area (Å²) in [5.74, 6) is 1.96. The summed E-state index contributed by atoms with van der Waals surface area (Å²) < 4.78 is 14.0. The maximum absolute atomic E-state index is 11.1. The number of ether oxygens (including phenoxy) is 2. The van der Waals surface area contributed by atoms with Crippen molar-refractivity contribution in [1.82, 2.24) is 0 Å². The molecular weight excluding hydrogens is 508 g/mol. The van der Waals surface area contributed by atoms with E-state index in [1.165, 1.54) is 31.2 Å². The molecule has 0 spiro atoms. The highest BCUT2D eigenvalue weighted by Gasteiger charge is 2.72. The molecule has 2 N–H and O–H groups in total. The Labute approximate surface area is 250 Å². The van der Waals surface area contributed by atoms with E-state index in [4.69, 9.17) is 9.47 Å². The minimum absolute atomic E-state index is 0.0536. The molecule has 0 amide bonds. The molecule has 4 unspecified atom stereocenters. The molecular formula is C37H58O4. The average Bonchev–Trinajstić information content (AvgIpc) is 3.49. The molecule has 4 aliphatic carbocycles. The predicted octanol–water partition coefficient (Wildman–Crippen LogP) is 7.94. The summed E-state index contributed by atoms with van der Waals surface area (Å²) in [5, 5.41) is 22.0. The monoisotopic (exact) mass is 566 g/mol. The third kappa shape index (κ3) is 4.43. The molecule has 1 aliphatic heterocycles. The summed E-state index contributed by atoms with van der Waals surface area (Å²) in [4.78, 5) is 0. The van der Waals surface area contributed by atoms with Crippen LogP contribution in [0.15, 0.2) is 30.3 Å². The lowest BCUT2D eigenvalue weighted by atomic mass is 9.35. The van der Waals surface area contributed by atoms with Crippen LogP contribution >= 0.6 is 0 Å². The topological polar surface area (TPSA) is 58.9 Å². The maximum Gasteiger partial charge on any atom is 0.0865 e. The van der Waals surface area contributed by atoms with Gasteiger partial charge in [-0.1, -0.05) is 65.0 Å². The van der Waals surface area contributed by atoms with E-state index < -0.39 is 5.60 Å². The van der Waals surface area contributed by atoms with Crippen molar-refractivity contribution in [2.75, 3.05) is 0 Å². The fourth-order valence-electron chi connectivity index (χ4n) is 12.0. The van der Waals surface area contributed by atoms with Crippen molar-refractivity contribution < 1.29 is 19.7 Å². The van der Waals surface area contributed by atoms with Crippen LogP contribution in [0.25, 0.3) is 0 Å². The maximum atomic E-state index is 11.1. The quantitative estimate of drug-likeness (QED) is 0.380. The zero-order valence-electron chi connectivity index (χ0n) is 27.2. The fraction of sp³-hybridized carbons (Fsp3) is 0.838. The Balaban J connectivity index is 1.38. The second-order valence-electron chi connectivity index (χ2n) is 17.2. The highest BCUT2D eigenvalue weighted by atomic mass is 16.5. The molecule has 0 bridgehead atoms. The molecule has 1 aromatic carbocycles. The second-order valence-corrected chi connectivity index (χ2v) is 17.2. The molecule has 230 valence electrons. The van der Waals surface area contributed by atoms with Crippen molar-refractivity contribution in [2.24, 2.45) is 45.3 Å². The van der Waals surface area contributed by atoms with E-state index in [9.17, 15) is 10.2 Å². The van der Waals surface area contributed by atoms with Crippen LogP contribution in [0.2, 0.25) is 0 Å². The molecule has 1 saturated heterocycles. The lowest BCUT2D eigenvalue weighted by Crippen LogP contribution is -2.66. The lowest BCUT2D eigenvalue weighted by molar-refractivity contribution is -0.256. The number of hydrogen-bond acceptors (Lipinski definition) is 4. The van der Waals surface area contributed by atoms with Crippen molar-refractivity contribution in [3.05, 3.63) is 35.9 Å². The van der Waals surface area contributed by atoms with Gasteiger partial charge in [0.05, 0.1) is 36.1 Å². The van der Waals surface area contributed by atoms with Crippen LogP contribution < -0.4 is 0 Å². The molecule has 11 atom stereocenters. The van der Waals surface area contributed by atoms with Gasteiger partial charge in [0.25, 0.3) is 0 Å². The molecule has 41 heavy (non-hydrogen) atoms. The first-order valence-electron chi connectivity index (χ1n) is 16.8. The van der Waals surface area contributed by atoms with Crippen molar-refractivity contribution in [2.45, 2.75) is 149 Å². The number of benzene rings is 1. The Morgan fingerprint density at radius 2 is 1.54 bits per heavy atom. The zero-order valence-corrected chi connectivity index (χ0v) is 27.2. The van der Waals surface area contributed by atoms with Crippen LogP contribution in [0.1, 0.15) is 119 Å². The van der Waals surface area contributed by atoms with Gasteiger partial charge >= 0.3 is 0 Å². The lowest BCUT2D eigenvalue weighted by Gasteiger charge is -2.71. The molecule has 1 heterocycles. The first kappa shape index (κ1) is 30.1. The average molecular weight is 567 g/mol. The van der Waals surface area contributed by atoms with E-state index in [-0.39, 0.29) is 45.6 Å². The van der Waals surface area contributed by atoms with Gasteiger partial charge in [-0.05, 0) is 129 Å². The summed E-state index contributed by atoms with van der Waals surface area (Å²) in [6.45, 7) is 19.4. The first-order valence-corrected chi connectivity index (χ1v) is 16.8. The Morgan fingerprint density at radius 3 is 2.20 bits per heavy atom. The number of rotatable bonds is 5. The van der Waals surface area contributed by atoms with Crippen molar-refractivity contribution in [1.29, 1.82) is 0 Å². The highest BCUT2D eigenvalue weighted by Crippen LogP contribution is 2.76. The zero-order chi connectivity index (χ0) is 29.6. The van der Waals surface area contributed by atoms with Gasteiger partial charge in [0.2, 0.25) is 0 Å². The summed E-state index contributed by atoms with van der Waals surface area (Å²) in [6, 6.07) is 10.7. The highest BCUT2D eigenvalue weighted by molar-refractivity contribution is 5.21. The van der Waals surface area contributed by atoms with Gasteiger partial charge in [0.1, 0.15) is 0 Å². The van der Waals surface area contributed by atoms with E-state index in [1.807, 2.05) is 13.8 Å². The van der Waals surface area contributed by atoms with Crippen LogP contribution in [0, 0.1) is 45.3 Å². The summed E-state index contributed by atoms with van der Waals surface area (Å²) in [7, 11) is 0. The van der Waals surface area contributed by atoms with Crippen molar-refractivity contribution in [3.8, 4) is 0 Å². The molecule has 6 rings (SSSR count). The molecule has 4 heteroatoms. The SMILES string of the molecule is CC(C)(O)[C@H]1CC[C@@](C)(C2CC[C@]3(C)C2[C@H](OCc2ccccc2)CC2[C@@]4(C)CC[C@H](O)C(C)(C)C4CC[C@]23C)O1. The Kier molecular flexibility index (Phi) is 7.18. The minimum atomic E-state index is -0.822. The van der Waals surface area contributed by atoms with Crippen LogP contribution in [-0.2, 0) is 16.1 Å². The van der Waals surface area contributed by atoms with Crippen molar-refractivity contribution in [3.63, 3.8) is 0 Å². The summed E-state index contributed by atoms with van der Waals surface area (Å²) >= 11 is 0. The Morgan fingerprint density at radius 1 is 0.854 bits per heavy atom. The van der Waals surface area contributed by atoms with Crippen LogP contribution in [-0.4, -0.2) is 39.7 Å². The Hall–Kier alpha value is -0.940. The van der Waals surface area contributed by atoms with Gasteiger partial charge in [-0.3, -0.25) is 0 Å². The van der Waals surface area contributed by atoms with Gasteiger partial charge in [0, 0.05) is 0 Å². The smallest absolute Gasteiger partial charge is 0.0865 e. The third-order valence-electron chi connectivity index (χ3n) is 14.5. The van der Waals surface area contributed by atoms with Crippen LogP contribution in [0.5, 0.6) is 0 Å². The van der Waals surface area contributed by atoms with E-state index in [2.05, 4.69) is 71.9 Å². The predicted molar refractivity (Wildman–Crippen MR) is 164 cm³/mol. The van der Waals surface area contributed by atoms with Crippen LogP contribution in [0.3, 0.4) is 0 Å². The number of aliphatic hydroxyl groups is 2. The number of aliphatic hydroxyl groups excluding tert-OH is 1. The van der Waals surface area contributed by atoms with E-state index in [1.54, 1.807) is 0 Å².